The molecular formula is C7H18N2O3. The molecule has 0 rings (SSSR count). The van der Waals surface area contributed by atoms with Crippen molar-refractivity contribution in [3.63, 3.8) is 0 Å². The zero-order chi connectivity index (χ0) is 9.61. The van der Waals surface area contributed by atoms with E-state index in [-0.39, 0.29) is 13.2 Å². The van der Waals surface area contributed by atoms with E-state index in [1.54, 1.807) is 7.05 Å². The van der Waals surface area contributed by atoms with E-state index in [4.69, 9.17) is 15.7 Å². The fourth-order valence-electron chi connectivity index (χ4n) is 0.508. The van der Waals surface area contributed by atoms with Crippen LogP contribution < -0.4 is 11.2 Å². The molecule has 0 radical (unpaired) electrons. The van der Waals surface area contributed by atoms with E-state index in [9.17, 15) is 0 Å². The van der Waals surface area contributed by atoms with E-state index in [0.717, 1.165) is 0 Å². The molecule has 0 spiro atoms. The van der Waals surface area contributed by atoms with Gasteiger partial charge in [-0.1, -0.05) is 0 Å². The minimum atomic E-state index is -0.461. The topological polar surface area (TPSA) is 76.7 Å². The average Bonchev–Trinajstić information content (AvgIpc) is 2.06. The van der Waals surface area contributed by atoms with Crippen LogP contribution in [0.4, 0.5) is 0 Å². The summed E-state index contributed by atoms with van der Waals surface area (Å²) in [6.45, 7) is 3.87. The summed E-state index contributed by atoms with van der Waals surface area (Å²) in [5.41, 5.74) is -0.425. The number of hydrogen-bond acceptors (Lipinski definition) is 5. The van der Waals surface area contributed by atoms with Gasteiger partial charge < -0.3 is 9.84 Å². The van der Waals surface area contributed by atoms with Crippen LogP contribution in [0, 0.1) is 0 Å². The molecule has 1 atom stereocenters. The molecule has 0 aromatic rings. The number of nitrogens with one attached hydrogen (secondary N) is 1. The van der Waals surface area contributed by atoms with E-state index < -0.39 is 11.8 Å². The van der Waals surface area contributed by atoms with Crippen molar-refractivity contribution in [2.75, 3.05) is 20.3 Å². The van der Waals surface area contributed by atoms with E-state index in [1.165, 1.54) is 0 Å². The van der Waals surface area contributed by atoms with E-state index in [1.807, 2.05) is 13.8 Å². The Kier molecular flexibility index (Phi) is 5.36. The van der Waals surface area contributed by atoms with Gasteiger partial charge in [-0.2, -0.15) is 0 Å². The minimum absolute atomic E-state index is 0.143. The zero-order valence-electron chi connectivity index (χ0n) is 7.83. The van der Waals surface area contributed by atoms with Crippen molar-refractivity contribution >= 4 is 0 Å². The second-order valence-corrected chi connectivity index (χ2v) is 3.01. The van der Waals surface area contributed by atoms with Gasteiger partial charge >= 0.3 is 0 Å². The normalized spacial score (nSPS) is 14.8. The van der Waals surface area contributed by atoms with Crippen LogP contribution in [0.1, 0.15) is 13.8 Å². The van der Waals surface area contributed by atoms with Gasteiger partial charge in [0.15, 0.2) is 0 Å². The van der Waals surface area contributed by atoms with Crippen LogP contribution in [-0.4, -0.2) is 37.2 Å². The Morgan fingerprint density at radius 2 is 2.17 bits per heavy atom. The van der Waals surface area contributed by atoms with Gasteiger partial charge in [0, 0.05) is 0 Å². The average molecular weight is 178 g/mol. The number of hydrogen-bond donors (Lipinski definition) is 3. The van der Waals surface area contributed by atoms with Crippen LogP contribution in [0.25, 0.3) is 0 Å². The van der Waals surface area contributed by atoms with Crippen LogP contribution in [0.15, 0.2) is 0 Å². The SMILES string of the molecule is CNC(C)(C)OCC(CO)ON. The highest BCUT2D eigenvalue weighted by Gasteiger charge is 2.17. The Labute approximate surface area is 72.8 Å². The maximum atomic E-state index is 8.69. The second kappa shape index (κ2) is 5.45. The van der Waals surface area contributed by atoms with Crippen molar-refractivity contribution in [3.05, 3.63) is 0 Å². The highest BCUT2D eigenvalue weighted by Crippen LogP contribution is 2.04. The monoisotopic (exact) mass is 178 g/mol. The van der Waals surface area contributed by atoms with Gasteiger partial charge in [0.25, 0.3) is 0 Å². The number of rotatable bonds is 6. The molecule has 0 aliphatic heterocycles. The highest BCUT2D eigenvalue weighted by atomic mass is 16.6. The molecule has 0 amide bonds. The molecule has 0 heterocycles. The molecule has 1 unspecified atom stereocenters. The third kappa shape index (κ3) is 4.63. The van der Waals surface area contributed by atoms with Gasteiger partial charge in [-0.3, -0.25) is 10.2 Å². The molecule has 74 valence electrons. The van der Waals surface area contributed by atoms with Crippen molar-refractivity contribution in [2.45, 2.75) is 25.7 Å². The summed E-state index contributed by atoms with van der Waals surface area (Å²) in [6.07, 6.45) is -0.461. The van der Waals surface area contributed by atoms with Crippen LogP contribution >= 0.6 is 0 Å². The molecule has 0 bridgehead atoms. The third-order valence-electron chi connectivity index (χ3n) is 1.63. The van der Waals surface area contributed by atoms with Crippen molar-refractivity contribution in [2.24, 2.45) is 5.90 Å². The van der Waals surface area contributed by atoms with Crippen LogP contribution in [0.2, 0.25) is 0 Å². The molecule has 0 saturated carbocycles. The summed E-state index contributed by atoms with van der Waals surface area (Å²) in [7, 11) is 1.79. The second-order valence-electron chi connectivity index (χ2n) is 3.01. The fraction of sp³-hybridized carbons (Fsp3) is 1.00. The van der Waals surface area contributed by atoms with Crippen molar-refractivity contribution in [1.82, 2.24) is 5.32 Å². The predicted octanol–water partition coefficient (Wildman–Crippen LogP) is -0.790. The van der Waals surface area contributed by atoms with Gasteiger partial charge in [0.2, 0.25) is 0 Å². The van der Waals surface area contributed by atoms with Gasteiger partial charge in [-0.25, -0.2) is 5.90 Å². The minimum Gasteiger partial charge on any atom is -0.393 e. The Hall–Kier alpha value is -0.200. The number of ether oxygens (including phenoxy) is 1. The lowest BCUT2D eigenvalue weighted by Crippen LogP contribution is -2.42. The Morgan fingerprint density at radius 1 is 1.58 bits per heavy atom. The molecule has 0 fully saturated rings. The van der Waals surface area contributed by atoms with Crippen LogP contribution in [0.3, 0.4) is 0 Å². The molecule has 4 N–H and O–H groups in total. The first-order valence-corrected chi connectivity index (χ1v) is 3.85. The molecular weight excluding hydrogens is 160 g/mol. The van der Waals surface area contributed by atoms with Crippen molar-refractivity contribution in [3.8, 4) is 0 Å². The summed E-state index contributed by atoms with van der Waals surface area (Å²) in [4.78, 5) is 4.44. The number of aliphatic hydroxyl groups is 1. The molecule has 0 aromatic heterocycles. The smallest absolute Gasteiger partial charge is 0.125 e. The fourth-order valence-corrected chi connectivity index (χ4v) is 0.508. The molecule has 0 aliphatic rings. The van der Waals surface area contributed by atoms with Crippen LogP contribution in [0.5, 0.6) is 0 Å². The van der Waals surface area contributed by atoms with E-state index in [2.05, 4.69) is 10.2 Å². The molecule has 0 saturated heterocycles. The molecule has 0 aromatic carbocycles. The van der Waals surface area contributed by atoms with Gasteiger partial charge in [-0.15, -0.1) is 0 Å². The quantitative estimate of drug-likeness (QED) is 0.367. The maximum absolute atomic E-state index is 8.69. The molecule has 0 aliphatic carbocycles. The predicted molar refractivity (Wildman–Crippen MR) is 45.2 cm³/mol. The Morgan fingerprint density at radius 3 is 2.50 bits per heavy atom. The Balaban J connectivity index is 3.65. The lowest BCUT2D eigenvalue weighted by atomic mass is 10.3. The maximum Gasteiger partial charge on any atom is 0.125 e. The summed E-state index contributed by atoms with van der Waals surface area (Å²) >= 11 is 0. The van der Waals surface area contributed by atoms with Crippen molar-refractivity contribution < 1.29 is 14.7 Å². The summed E-state index contributed by atoms with van der Waals surface area (Å²) in [6, 6.07) is 0. The molecule has 12 heavy (non-hydrogen) atoms. The largest absolute Gasteiger partial charge is 0.393 e. The lowest BCUT2D eigenvalue weighted by molar-refractivity contribution is -0.104. The third-order valence-corrected chi connectivity index (χ3v) is 1.63. The molecule has 5 nitrogen and oxygen atoms in total. The van der Waals surface area contributed by atoms with E-state index >= 15 is 0 Å². The first-order chi connectivity index (χ1) is 5.55. The van der Waals surface area contributed by atoms with Crippen molar-refractivity contribution in [1.29, 1.82) is 0 Å². The zero-order valence-corrected chi connectivity index (χ0v) is 7.83. The lowest BCUT2D eigenvalue weighted by Gasteiger charge is -2.26. The first-order valence-electron chi connectivity index (χ1n) is 3.85. The summed E-state index contributed by atoms with van der Waals surface area (Å²) < 4.78 is 5.35. The summed E-state index contributed by atoms with van der Waals surface area (Å²) in [5, 5.41) is 11.6. The standard InChI is InChI=1S/C7H18N2O3/c1-7(2,9-3)11-5-6(4-10)12-8/h6,9-10H,4-5,8H2,1-3H3. The van der Waals surface area contributed by atoms with Gasteiger partial charge in [-0.05, 0) is 20.9 Å². The van der Waals surface area contributed by atoms with E-state index in [0.29, 0.717) is 0 Å². The molecule has 5 heteroatoms. The van der Waals surface area contributed by atoms with Gasteiger partial charge in [0.1, 0.15) is 11.8 Å². The first kappa shape index (κ1) is 11.8. The number of aliphatic hydroxyl groups excluding tert-OH is 1. The highest BCUT2D eigenvalue weighted by molar-refractivity contribution is 4.63. The number of nitrogens with two attached hydrogens (primary N) is 1. The Bertz CT molecular complexity index is 115. The van der Waals surface area contributed by atoms with Crippen LogP contribution in [-0.2, 0) is 9.57 Å². The summed E-state index contributed by atoms with van der Waals surface area (Å²) in [5.74, 6) is 4.89. The van der Waals surface area contributed by atoms with Gasteiger partial charge in [0.05, 0.1) is 13.2 Å².